The third-order valence-corrected chi connectivity index (χ3v) is 7.47. The van der Waals surface area contributed by atoms with E-state index < -0.39 is 0 Å². The second-order valence-electron chi connectivity index (χ2n) is 9.16. The number of halogens is 1. The van der Waals surface area contributed by atoms with Gasteiger partial charge in [-0.1, -0.05) is 23.7 Å². The van der Waals surface area contributed by atoms with Crippen LogP contribution in [0.15, 0.2) is 42.9 Å². The molecule has 1 aliphatic carbocycles. The van der Waals surface area contributed by atoms with Gasteiger partial charge in [0, 0.05) is 29.4 Å². The summed E-state index contributed by atoms with van der Waals surface area (Å²) >= 11 is 6.53. The highest BCUT2D eigenvalue weighted by molar-refractivity contribution is 6.30. The lowest BCUT2D eigenvalue weighted by Gasteiger charge is -2.32. The number of piperidine rings is 1. The van der Waals surface area contributed by atoms with E-state index in [0.29, 0.717) is 11.8 Å². The first-order chi connectivity index (χ1) is 15.6. The molecule has 1 N–H and O–H groups in total. The topological polar surface area (TPSA) is 42.7 Å². The van der Waals surface area contributed by atoms with Crippen LogP contribution in [0.4, 0.5) is 0 Å². The summed E-state index contributed by atoms with van der Waals surface area (Å²) in [5.74, 6) is 0.905. The van der Waals surface area contributed by atoms with E-state index in [-0.39, 0.29) is 0 Å². The molecule has 1 saturated heterocycles. The summed E-state index contributed by atoms with van der Waals surface area (Å²) < 4.78 is 2.26. The van der Waals surface area contributed by atoms with E-state index in [2.05, 4.69) is 65.1 Å². The molecule has 5 heteroatoms. The Morgan fingerprint density at radius 3 is 2.75 bits per heavy atom. The SMILES string of the molecule is Cc1ncn(CCCC2=Cc3cccnc3C(C3CCNCC3)c3ccc(Cl)cc32)c1C. The molecule has 1 aliphatic heterocycles. The molecule has 3 aromatic rings. The van der Waals surface area contributed by atoms with E-state index in [1.807, 2.05) is 12.5 Å². The van der Waals surface area contributed by atoms with Gasteiger partial charge in [-0.25, -0.2) is 4.98 Å². The van der Waals surface area contributed by atoms with Gasteiger partial charge in [0.05, 0.1) is 17.7 Å². The fourth-order valence-corrected chi connectivity index (χ4v) is 5.55. The molecule has 0 bridgehead atoms. The number of rotatable bonds is 5. The number of benzene rings is 1. The van der Waals surface area contributed by atoms with Gasteiger partial charge in [-0.2, -0.15) is 0 Å². The predicted molar refractivity (Wildman–Crippen MR) is 132 cm³/mol. The summed E-state index contributed by atoms with van der Waals surface area (Å²) in [4.78, 5) is 9.38. The van der Waals surface area contributed by atoms with Crippen molar-refractivity contribution in [2.24, 2.45) is 5.92 Å². The van der Waals surface area contributed by atoms with Gasteiger partial charge in [-0.05, 0) is 105 Å². The fourth-order valence-electron chi connectivity index (χ4n) is 5.37. The zero-order chi connectivity index (χ0) is 22.1. The molecule has 32 heavy (non-hydrogen) atoms. The number of fused-ring (bicyclic) bond motifs is 2. The highest BCUT2D eigenvalue weighted by Gasteiger charge is 2.32. The molecule has 0 amide bonds. The highest BCUT2D eigenvalue weighted by Crippen LogP contribution is 2.45. The van der Waals surface area contributed by atoms with Gasteiger partial charge in [0.25, 0.3) is 0 Å². The van der Waals surface area contributed by atoms with Crippen LogP contribution >= 0.6 is 11.6 Å². The van der Waals surface area contributed by atoms with Gasteiger partial charge in [0.1, 0.15) is 0 Å². The van der Waals surface area contributed by atoms with Gasteiger partial charge in [-0.3, -0.25) is 4.98 Å². The summed E-state index contributed by atoms with van der Waals surface area (Å²) in [6.45, 7) is 7.35. The summed E-state index contributed by atoms with van der Waals surface area (Å²) in [7, 11) is 0. The third kappa shape index (κ3) is 4.14. The second kappa shape index (κ2) is 9.21. The van der Waals surface area contributed by atoms with Crippen molar-refractivity contribution in [3.8, 4) is 0 Å². The average Bonchev–Trinajstić information content (AvgIpc) is 3.06. The smallest absolute Gasteiger partial charge is 0.0951 e. The van der Waals surface area contributed by atoms with Crippen molar-refractivity contribution in [1.29, 1.82) is 0 Å². The Morgan fingerprint density at radius 1 is 1.12 bits per heavy atom. The van der Waals surface area contributed by atoms with Crippen LogP contribution in [0.5, 0.6) is 0 Å². The molecule has 2 aromatic heterocycles. The summed E-state index contributed by atoms with van der Waals surface area (Å²) in [5.41, 5.74) is 8.90. The molecule has 0 radical (unpaired) electrons. The largest absolute Gasteiger partial charge is 0.335 e. The van der Waals surface area contributed by atoms with Gasteiger partial charge < -0.3 is 9.88 Å². The molecular weight excluding hydrogens is 416 g/mol. The van der Waals surface area contributed by atoms with Crippen LogP contribution in [0.2, 0.25) is 5.02 Å². The third-order valence-electron chi connectivity index (χ3n) is 7.24. The minimum atomic E-state index is 0.313. The lowest BCUT2D eigenvalue weighted by atomic mass is 9.76. The monoisotopic (exact) mass is 446 g/mol. The molecule has 2 aliphatic rings. The first-order valence-corrected chi connectivity index (χ1v) is 12.1. The molecule has 5 rings (SSSR count). The summed E-state index contributed by atoms with van der Waals surface area (Å²) in [6, 6.07) is 10.8. The van der Waals surface area contributed by atoms with Crippen LogP contribution in [0.25, 0.3) is 11.6 Å². The van der Waals surface area contributed by atoms with E-state index in [9.17, 15) is 0 Å². The van der Waals surface area contributed by atoms with Crippen LogP contribution in [0.3, 0.4) is 0 Å². The van der Waals surface area contributed by atoms with Crippen molar-refractivity contribution in [3.05, 3.63) is 81.7 Å². The van der Waals surface area contributed by atoms with Crippen molar-refractivity contribution in [1.82, 2.24) is 19.9 Å². The molecule has 1 atom stereocenters. The minimum Gasteiger partial charge on any atom is -0.335 e. The van der Waals surface area contributed by atoms with Crippen molar-refractivity contribution in [2.45, 2.75) is 52.0 Å². The van der Waals surface area contributed by atoms with Crippen molar-refractivity contribution in [3.63, 3.8) is 0 Å². The number of nitrogens with zero attached hydrogens (tertiary/aromatic N) is 3. The van der Waals surface area contributed by atoms with E-state index in [1.165, 1.54) is 46.5 Å². The number of nitrogens with one attached hydrogen (secondary N) is 1. The highest BCUT2D eigenvalue weighted by atomic mass is 35.5. The fraction of sp³-hybridized carbons (Fsp3) is 0.407. The Morgan fingerprint density at radius 2 is 1.97 bits per heavy atom. The Bertz CT molecular complexity index is 1140. The number of hydrogen-bond acceptors (Lipinski definition) is 3. The average molecular weight is 447 g/mol. The Labute approximate surface area is 195 Å². The quantitative estimate of drug-likeness (QED) is 0.521. The maximum Gasteiger partial charge on any atom is 0.0951 e. The Balaban J connectivity index is 1.52. The van der Waals surface area contributed by atoms with E-state index in [0.717, 1.165) is 43.2 Å². The van der Waals surface area contributed by atoms with Crippen LogP contribution in [-0.4, -0.2) is 27.6 Å². The summed E-state index contributed by atoms with van der Waals surface area (Å²) in [5, 5.41) is 4.33. The van der Waals surface area contributed by atoms with E-state index in [4.69, 9.17) is 16.6 Å². The van der Waals surface area contributed by atoms with Crippen molar-refractivity contribution in [2.75, 3.05) is 13.1 Å². The van der Waals surface area contributed by atoms with Crippen LogP contribution in [0, 0.1) is 19.8 Å². The van der Waals surface area contributed by atoms with Gasteiger partial charge in [-0.15, -0.1) is 0 Å². The first kappa shape index (κ1) is 21.4. The number of imidazole rings is 1. The van der Waals surface area contributed by atoms with Crippen LogP contribution < -0.4 is 5.32 Å². The molecule has 1 fully saturated rings. The lowest BCUT2D eigenvalue weighted by molar-refractivity contribution is 0.339. The number of aromatic nitrogens is 3. The Hall–Kier alpha value is -2.43. The van der Waals surface area contributed by atoms with Gasteiger partial charge in [0.2, 0.25) is 0 Å². The number of aryl methyl sites for hydroxylation is 2. The Kier molecular flexibility index (Phi) is 6.16. The number of allylic oxidation sites excluding steroid dienone is 1. The molecule has 3 heterocycles. The maximum atomic E-state index is 6.53. The number of pyridine rings is 1. The zero-order valence-corrected chi connectivity index (χ0v) is 19.7. The number of hydrogen-bond donors (Lipinski definition) is 1. The van der Waals surface area contributed by atoms with Crippen LogP contribution in [-0.2, 0) is 6.54 Å². The normalized spacial score (nSPS) is 18.6. The van der Waals surface area contributed by atoms with Crippen molar-refractivity contribution >= 4 is 23.3 Å². The van der Waals surface area contributed by atoms with E-state index >= 15 is 0 Å². The van der Waals surface area contributed by atoms with E-state index in [1.54, 1.807) is 0 Å². The first-order valence-electron chi connectivity index (χ1n) is 11.8. The maximum absolute atomic E-state index is 6.53. The predicted octanol–water partition coefficient (Wildman–Crippen LogP) is 6.01. The second-order valence-corrected chi connectivity index (χ2v) is 9.59. The molecule has 1 aromatic carbocycles. The van der Waals surface area contributed by atoms with Crippen molar-refractivity contribution < 1.29 is 0 Å². The standard InChI is InChI=1S/C27H31ClN4/c1-18-19(2)32(17-31-18)14-4-6-21-15-22-5-3-11-30-27(22)26(20-9-12-29-13-10-20)24-8-7-23(28)16-25(21)24/h3,5,7-8,11,15-17,20,26,29H,4,6,9-10,12-14H2,1-2H3. The minimum absolute atomic E-state index is 0.313. The molecule has 1 unspecified atom stereocenters. The molecular formula is C27H31ClN4. The van der Waals surface area contributed by atoms with Gasteiger partial charge >= 0.3 is 0 Å². The zero-order valence-electron chi connectivity index (χ0n) is 18.9. The summed E-state index contributed by atoms with van der Waals surface area (Å²) in [6.07, 6.45) is 10.7. The molecule has 0 spiro atoms. The van der Waals surface area contributed by atoms with Crippen LogP contribution in [0.1, 0.15) is 65.4 Å². The molecule has 4 nitrogen and oxygen atoms in total. The molecule has 166 valence electrons. The van der Waals surface area contributed by atoms with Gasteiger partial charge in [0.15, 0.2) is 0 Å². The lowest BCUT2D eigenvalue weighted by Crippen LogP contribution is -2.32. The molecule has 0 saturated carbocycles.